The predicted octanol–water partition coefficient (Wildman–Crippen LogP) is 1.61. The van der Waals surface area contributed by atoms with Crippen molar-refractivity contribution in [1.82, 2.24) is 15.2 Å². The van der Waals surface area contributed by atoms with Gasteiger partial charge >= 0.3 is 0 Å². The van der Waals surface area contributed by atoms with Crippen molar-refractivity contribution in [2.75, 3.05) is 18.8 Å². The van der Waals surface area contributed by atoms with Crippen LogP contribution in [0.2, 0.25) is 0 Å². The lowest BCUT2D eigenvalue weighted by Crippen LogP contribution is -2.33. The summed E-state index contributed by atoms with van der Waals surface area (Å²) in [6, 6.07) is 0.408. The van der Waals surface area contributed by atoms with Gasteiger partial charge in [-0.05, 0) is 31.6 Å². The Balaban J connectivity index is 1.47. The fourth-order valence-electron chi connectivity index (χ4n) is 2.70. The molecule has 1 saturated heterocycles. The molecule has 1 amide bonds. The number of rotatable bonds is 5. The summed E-state index contributed by atoms with van der Waals surface area (Å²) in [7, 11) is 0. The maximum Gasteiger partial charge on any atom is 0.222 e. The molecule has 0 radical (unpaired) electrons. The van der Waals surface area contributed by atoms with E-state index in [0.29, 0.717) is 23.5 Å². The summed E-state index contributed by atoms with van der Waals surface area (Å²) >= 11 is 1.47. The molecule has 6 heteroatoms. The standard InChI is InChI=1S/C14H22N4OS/c15-14-17-12(9-20-14)7-16-11-3-4-13(19)18(6-5-11)8-10-1-2-10/h9-11,16H,1-8H2,(H2,15,17)/t11-/m0/s1. The molecule has 110 valence electrons. The monoisotopic (exact) mass is 294 g/mol. The highest BCUT2D eigenvalue weighted by molar-refractivity contribution is 7.13. The van der Waals surface area contributed by atoms with Crippen LogP contribution in [-0.4, -0.2) is 34.9 Å². The number of amides is 1. The normalized spacial score (nSPS) is 23.9. The number of anilines is 1. The molecular formula is C14H22N4OS. The highest BCUT2D eigenvalue weighted by atomic mass is 32.1. The topological polar surface area (TPSA) is 71.2 Å². The van der Waals surface area contributed by atoms with Gasteiger partial charge in [-0.25, -0.2) is 4.98 Å². The SMILES string of the molecule is Nc1nc(CN[C@H]2CCC(=O)N(CC3CC3)CC2)cs1. The number of hydrogen-bond donors (Lipinski definition) is 2. The molecule has 5 nitrogen and oxygen atoms in total. The quantitative estimate of drug-likeness (QED) is 0.865. The molecule has 1 saturated carbocycles. The van der Waals surface area contributed by atoms with E-state index in [1.807, 2.05) is 5.38 Å². The first-order valence-electron chi connectivity index (χ1n) is 7.42. The number of nitrogens with one attached hydrogen (secondary N) is 1. The van der Waals surface area contributed by atoms with Crippen molar-refractivity contribution in [3.05, 3.63) is 11.1 Å². The molecule has 0 bridgehead atoms. The summed E-state index contributed by atoms with van der Waals surface area (Å²) in [5, 5.41) is 6.12. The summed E-state index contributed by atoms with van der Waals surface area (Å²) in [5.74, 6) is 1.11. The highest BCUT2D eigenvalue weighted by Crippen LogP contribution is 2.30. The van der Waals surface area contributed by atoms with Gasteiger partial charge in [0.25, 0.3) is 0 Å². The lowest BCUT2D eigenvalue weighted by atomic mass is 10.1. The van der Waals surface area contributed by atoms with Crippen LogP contribution in [-0.2, 0) is 11.3 Å². The number of thiazole rings is 1. The molecule has 20 heavy (non-hydrogen) atoms. The van der Waals surface area contributed by atoms with Gasteiger partial charge in [0.15, 0.2) is 5.13 Å². The van der Waals surface area contributed by atoms with Gasteiger partial charge in [-0.3, -0.25) is 4.79 Å². The first-order chi connectivity index (χ1) is 9.70. The third kappa shape index (κ3) is 3.70. The van der Waals surface area contributed by atoms with E-state index in [0.717, 1.165) is 44.1 Å². The number of nitrogen functional groups attached to an aromatic ring is 1. The van der Waals surface area contributed by atoms with Crippen molar-refractivity contribution in [3.8, 4) is 0 Å². The number of nitrogens with two attached hydrogens (primary N) is 1. The summed E-state index contributed by atoms with van der Waals surface area (Å²) in [6.07, 6.45) is 5.24. The van der Waals surface area contributed by atoms with Gasteiger partial charge in [0.05, 0.1) is 5.69 Å². The van der Waals surface area contributed by atoms with Gasteiger partial charge in [0.2, 0.25) is 5.91 Å². The molecule has 2 heterocycles. The Kier molecular flexibility index (Phi) is 4.21. The van der Waals surface area contributed by atoms with Crippen LogP contribution in [0.3, 0.4) is 0 Å². The number of nitrogens with zero attached hydrogens (tertiary/aromatic N) is 2. The summed E-state index contributed by atoms with van der Waals surface area (Å²) in [5.41, 5.74) is 6.63. The summed E-state index contributed by atoms with van der Waals surface area (Å²) in [6.45, 7) is 2.62. The van der Waals surface area contributed by atoms with Gasteiger partial charge in [-0.2, -0.15) is 0 Å². The van der Waals surface area contributed by atoms with E-state index in [1.54, 1.807) is 0 Å². The van der Waals surface area contributed by atoms with Gasteiger partial charge in [0, 0.05) is 37.5 Å². The molecule has 1 aliphatic heterocycles. The fraction of sp³-hybridized carbons (Fsp3) is 0.714. The van der Waals surface area contributed by atoms with Gasteiger partial charge in [-0.15, -0.1) is 11.3 Å². The van der Waals surface area contributed by atoms with Crippen molar-refractivity contribution in [2.24, 2.45) is 5.92 Å². The first-order valence-corrected chi connectivity index (χ1v) is 8.29. The summed E-state index contributed by atoms with van der Waals surface area (Å²) in [4.78, 5) is 18.4. The first kappa shape index (κ1) is 13.8. The number of likely N-dealkylation sites (tertiary alicyclic amines) is 1. The van der Waals surface area contributed by atoms with E-state index < -0.39 is 0 Å². The smallest absolute Gasteiger partial charge is 0.222 e. The minimum absolute atomic E-state index is 0.333. The van der Waals surface area contributed by atoms with Crippen LogP contribution in [0.15, 0.2) is 5.38 Å². The number of hydrogen-bond acceptors (Lipinski definition) is 5. The average Bonchev–Trinajstić information content (AvgIpc) is 3.18. The van der Waals surface area contributed by atoms with E-state index in [2.05, 4.69) is 15.2 Å². The second-order valence-electron chi connectivity index (χ2n) is 5.87. The molecule has 0 aromatic carbocycles. The molecule has 1 atom stereocenters. The molecule has 2 fully saturated rings. The Bertz CT molecular complexity index is 471. The maximum absolute atomic E-state index is 12.1. The average molecular weight is 294 g/mol. The van der Waals surface area contributed by atoms with Crippen LogP contribution >= 0.6 is 11.3 Å². The van der Waals surface area contributed by atoms with Crippen LogP contribution < -0.4 is 11.1 Å². The maximum atomic E-state index is 12.1. The zero-order chi connectivity index (χ0) is 13.9. The molecule has 3 rings (SSSR count). The largest absolute Gasteiger partial charge is 0.375 e. The number of aromatic nitrogens is 1. The predicted molar refractivity (Wildman–Crippen MR) is 80.3 cm³/mol. The van der Waals surface area contributed by atoms with E-state index in [1.165, 1.54) is 24.2 Å². The van der Waals surface area contributed by atoms with Gasteiger partial charge < -0.3 is 16.0 Å². The van der Waals surface area contributed by atoms with Crippen molar-refractivity contribution in [1.29, 1.82) is 0 Å². The lowest BCUT2D eigenvalue weighted by molar-refractivity contribution is -0.130. The molecule has 1 aliphatic carbocycles. The van der Waals surface area contributed by atoms with Gasteiger partial charge in [0.1, 0.15) is 0 Å². The minimum atomic E-state index is 0.333. The van der Waals surface area contributed by atoms with E-state index in [4.69, 9.17) is 5.73 Å². The van der Waals surface area contributed by atoms with E-state index in [-0.39, 0.29) is 0 Å². The third-order valence-electron chi connectivity index (χ3n) is 4.12. The van der Waals surface area contributed by atoms with Crippen LogP contribution in [0.5, 0.6) is 0 Å². The Hall–Kier alpha value is -1.14. The molecule has 2 aliphatic rings. The second-order valence-corrected chi connectivity index (χ2v) is 6.76. The Morgan fingerprint density at radius 2 is 2.25 bits per heavy atom. The molecule has 0 spiro atoms. The van der Waals surface area contributed by atoms with Crippen molar-refractivity contribution in [3.63, 3.8) is 0 Å². The van der Waals surface area contributed by atoms with Crippen LogP contribution in [0.1, 0.15) is 37.8 Å². The highest BCUT2D eigenvalue weighted by Gasteiger charge is 2.29. The summed E-state index contributed by atoms with van der Waals surface area (Å²) < 4.78 is 0. The van der Waals surface area contributed by atoms with E-state index >= 15 is 0 Å². The molecule has 0 unspecified atom stereocenters. The fourth-order valence-corrected chi connectivity index (χ4v) is 3.26. The van der Waals surface area contributed by atoms with E-state index in [9.17, 15) is 4.79 Å². The third-order valence-corrected chi connectivity index (χ3v) is 4.85. The second kappa shape index (κ2) is 6.10. The van der Waals surface area contributed by atoms with Crippen LogP contribution in [0.25, 0.3) is 0 Å². The molecular weight excluding hydrogens is 272 g/mol. The minimum Gasteiger partial charge on any atom is -0.375 e. The Labute approximate surface area is 123 Å². The van der Waals surface area contributed by atoms with Gasteiger partial charge in [-0.1, -0.05) is 0 Å². The zero-order valence-corrected chi connectivity index (χ0v) is 12.5. The zero-order valence-electron chi connectivity index (χ0n) is 11.7. The Morgan fingerprint density at radius 1 is 1.40 bits per heavy atom. The van der Waals surface area contributed by atoms with Crippen LogP contribution in [0.4, 0.5) is 5.13 Å². The van der Waals surface area contributed by atoms with Crippen molar-refractivity contribution in [2.45, 2.75) is 44.7 Å². The van der Waals surface area contributed by atoms with Crippen molar-refractivity contribution < 1.29 is 4.79 Å². The molecule has 3 N–H and O–H groups in total. The molecule has 1 aromatic heterocycles. The van der Waals surface area contributed by atoms with Crippen molar-refractivity contribution >= 4 is 22.4 Å². The van der Waals surface area contributed by atoms with Crippen LogP contribution in [0, 0.1) is 5.92 Å². The number of carbonyl (C=O) groups is 1. The lowest BCUT2D eigenvalue weighted by Gasteiger charge is -2.20. The number of carbonyl (C=O) groups excluding carboxylic acids is 1. The molecule has 1 aromatic rings. The Morgan fingerprint density at radius 3 is 2.95 bits per heavy atom.